The summed E-state index contributed by atoms with van der Waals surface area (Å²) in [6.45, 7) is 0. The van der Waals surface area contributed by atoms with Crippen molar-refractivity contribution in [3.8, 4) is 0 Å². The summed E-state index contributed by atoms with van der Waals surface area (Å²) in [5.41, 5.74) is -2.23. The van der Waals surface area contributed by atoms with Crippen LogP contribution in [0.25, 0.3) is 0 Å². The van der Waals surface area contributed by atoms with Crippen LogP contribution in [0.4, 0.5) is 4.39 Å². The molecule has 0 N–H and O–H groups in total. The monoisotopic (exact) mass is 251 g/mol. The van der Waals surface area contributed by atoms with Crippen LogP contribution in [0.5, 0.6) is 0 Å². The summed E-state index contributed by atoms with van der Waals surface area (Å²) in [4.78, 5) is 3.67. The third-order valence-corrected chi connectivity index (χ3v) is 3.98. The molecule has 1 aromatic carbocycles. The quantitative estimate of drug-likeness (QED) is 0.842. The number of rotatable bonds is 3. The van der Waals surface area contributed by atoms with Crippen LogP contribution in [-0.4, -0.2) is 13.4 Å². The lowest BCUT2D eigenvalue weighted by Gasteiger charge is -2.08. The van der Waals surface area contributed by atoms with Gasteiger partial charge >= 0.3 is 0 Å². The van der Waals surface area contributed by atoms with Crippen LogP contribution in [0.3, 0.4) is 0 Å². The molecule has 17 heavy (non-hydrogen) atoms. The minimum Gasteiger partial charge on any atom is -0.257 e. The Kier molecular flexibility index (Phi) is 3.19. The Labute approximate surface area is 98.9 Å². The second-order valence-electron chi connectivity index (χ2n) is 3.43. The molecule has 3 nitrogen and oxygen atoms in total. The highest BCUT2D eigenvalue weighted by atomic mass is 32.2. The summed E-state index contributed by atoms with van der Waals surface area (Å²) < 4.78 is 37.8. The molecule has 2 aromatic rings. The molecule has 0 amide bonds. The smallest absolute Gasteiger partial charge is 0.246 e. The van der Waals surface area contributed by atoms with Gasteiger partial charge in [0.2, 0.25) is 15.3 Å². The zero-order chi connectivity index (χ0) is 12.3. The largest absolute Gasteiger partial charge is 0.257 e. The molecular formula is C12H10FNO2S. The van der Waals surface area contributed by atoms with Crippen LogP contribution < -0.4 is 0 Å². The minimum atomic E-state index is -4.02. The normalized spacial score (nSPS) is 13.2. The predicted octanol–water partition coefficient (Wildman–Crippen LogP) is 2.52. The number of aromatic nitrogens is 1. The topological polar surface area (TPSA) is 47.0 Å². The molecule has 0 saturated carbocycles. The van der Waals surface area contributed by atoms with Gasteiger partial charge < -0.3 is 0 Å². The summed E-state index contributed by atoms with van der Waals surface area (Å²) >= 11 is 0. The lowest BCUT2D eigenvalue weighted by atomic mass is 10.4. The van der Waals surface area contributed by atoms with Gasteiger partial charge in [-0.2, -0.15) is 0 Å². The van der Waals surface area contributed by atoms with Crippen molar-refractivity contribution in [1.29, 1.82) is 0 Å². The van der Waals surface area contributed by atoms with E-state index in [0.717, 1.165) is 0 Å². The van der Waals surface area contributed by atoms with Gasteiger partial charge in [0.1, 0.15) is 0 Å². The van der Waals surface area contributed by atoms with E-state index >= 15 is 0 Å². The number of alkyl halides is 1. The summed E-state index contributed by atoms with van der Waals surface area (Å²) in [5.74, 6) is 0. The van der Waals surface area contributed by atoms with E-state index in [0.29, 0.717) is 0 Å². The Morgan fingerprint density at radius 1 is 1.00 bits per heavy atom. The van der Waals surface area contributed by atoms with Crippen LogP contribution >= 0.6 is 0 Å². The van der Waals surface area contributed by atoms with E-state index < -0.39 is 15.3 Å². The second-order valence-corrected chi connectivity index (χ2v) is 5.40. The molecule has 0 radical (unpaired) electrons. The molecule has 1 heterocycles. The standard InChI is InChI=1S/C12H10FNO2S/c13-12(11-8-4-5-9-14-11)17(15,16)10-6-2-1-3-7-10/h1-9,12H. The van der Waals surface area contributed by atoms with E-state index in [9.17, 15) is 12.8 Å². The van der Waals surface area contributed by atoms with Gasteiger partial charge in [0.15, 0.2) is 0 Å². The van der Waals surface area contributed by atoms with Crippen molar-refractivity contribution in [1.82, 2.24) is 4.98 Å². The molecule has 0 saturated heterocycles. The van der Waals surface area contributed by atoms with Crippen LogP contribution in [0.15, 0.2) is 59.6 Å². The van der Waals surface area contributed by atoms with Crippen LogP contribution in [0, 0.1) is 0 Å². The Hall–Kier alpha value is -1.75. The fourth-order valence-corrected chi connectivity index (χ4v) is 2.63. The maximum Gasteiger partial charge on any atom is 0.246 e. The van der Waals surface area contributed by atoms with Crippen molar-refractivity contribution in [3.05, 3.63) is 60.4 Å². The molecular weight excluding hydrogens is 241 g/mol. The van der Waals surface area contributed by atoms with Gasteiger partial charge in [0, 0.05) is 6.20 Å². The first kappa shape index (κ1) is 11.7. The average molecular weight is 251 g/mol. The number of halogens is 1. The van der Waals surface area contributed by atoms with Gasteiger partial charge in [-0.25, -0.2) is 12.8 Å². The predicted molar refractivity (Wildman–Crippen MR) is 61.7 cm³/mol. The third kappa shape index (κ3) is 2.34. The third-order valence-electron chi connectivity index (χ3n) is 2.26. The zero-order valence-corrected chi connectivity index (χ0v) is 9.64. The summed E-state index contributed by atoms with van der Waals surface area (Å²) in [6.07, 6.45) is 1.36. The van der Waals surface area contributed by atoms with Crippen LogP contribution in [-0.2, 0) is 9.84 Å². The molecule has 5 heteroatoms. The Bertz CT molecular complexity index is 584. The van der Waals surface area contributed by atoms with Crippen molar-refractivity contribution in [2.75, 3.05) is 0 Å². The van der Waals surface area contributed by atoms with Crippen molar-refractivity contribution in [2.24, 2.45) is 0 Å². The number of hydrogen-bond donors (Lipinski definition) is 0. The van der Waals surface area contributed by atoms with E-state index in [1.54, 1.807) is 30.3 Å². The first-order chi connectivity index (χ1) is 8.12. The summed E-state index contributed by atoms with van der Waals surface area (Å²) in [7, 11) is -4.02. The van der Waals surface area contributed by atoms with E-state index in [-0.39, 0.29) is 10.6 Å². The first-order valence-corrected chi connectivity index (χ1v) is 6.51. The van der Waals surface area contributed by atoms with E-state index in [1.165, 1.54) is 24.4 Å². The highest BCUT2D eigenvalue weighted by molar-refractivity contribution is 7.91. The number of benzene rings is 1. The zero-order valence-electron chi connectivity index (χ0n) is 8.82. The molecule has 2 rings (SSSR count). The highest BCUT2D eigenvalue weighted by Gasteiger charge is 2.29. The lowest BCUT2D eigenvalue weighted by Crippen LogP contribution is -2.10. The van der Waals surface area contributed by atoms with Crippen molar-refractivity contribution in [2.45, 2.75) is 10.4 Å². The van der Waals surface area contributed by atoms with E-state index in [1.807, 2.05) is 0 Å². The first-order valence-electron chi connectivity index (χ1n) is 4.96. The van der Waals surface area contributed by atoms with Crippen LogP contribution in [0.1, 0.15) is 11.2 Å². The second kappa shape index (κ2) is 4.63. The number of sulfone groups is 1. The van der Waals surface area contributed by atoms with Gasteiger partial charge in [-0.05, 0) is 24.3 Å². The molecule has 0 aliphatic rings. The molecule has 1 aromatic heterocycles. The molecule has 0 bridgehead atoms. The van der Waals surface area contributed by atoms with Crippen LogP contribution in [0.2, 0.25) is 0 Å². The summed E-state index contributed by atoms with van der Waals surface area (Å²) in [5, 5.41) is 0. The Morgan fingerprint density at radius 2 is 1.65 bits per heavy atom. The lowest BCUT2D eigenvalue weighted by molar-refractivity contribution is 0.423. The average Bonchev–Trinajstić information content (AvgIpc) is 2.40. The molecule has 0 aliphatic heterocycles. The number of nitrogens with zero attached hydrogens (tertiary/aromatic N) is 1. The minimum absolute atomic E-state index is 0.0434. The van der Waals surface area contributed by atoms with E-state index in [2.05, 4.69) is 4.98 Å². The maximum atomic E-state index is 13.9. The van der Waals surface area contributed by atoms with Crippen molar-refractivity contribution in [3.63, 3.8) is 0 Å². The SMILES string of the molecule is O=S(=O)(c1ccccc1)C(F)c1ccccn1. The fourth-order valence-electron chi connectivity index (χ4n) is 1.40. The molecule has 0 aliphatic carbocycles. The molecule has 1 unspecified atom stereocenters. The molecule has 88 valence electrons. The van der Waals surface area contributed by atoms with Gasteiger partial charge in [-0.15, -0.1) is 0 Å². The molecule has 0 fully saturated rings. The number of pyridine rings is 1. The van der Waals surface area contributed by atoms with Gasteiger partial charge in [-0.3, -0.25) is 4.98 Å². The molecule has 0 spiro atoms. The fraction of sp³-hybridized carbons (Fsp3) is 0.0833. The Balaban J connectivity index is 2.41. The van der Waals surface area contributed by atoms with Gasteiger partial charge in [-0.1, -0.05) is 24.3 Å². The Morgan fingerprint density at radius 3 is 2.24 bits per heavy atom. The van der Waals surface area contributed by atoms with Gasteiger partial charge in [0.25, 0.3) is 0 Å². The molecule has 1 atom stereocenters. The van der Waals surface area contributed by atoms with E-state index in [4.69, 9.17) is 0 Å². The van der Waals surface area contributed by atoms with Crippen molar-refractivity contribution >= 4 is 9.84 Å². The number of hydrogen-bond acceptors (Lipinski definition) is 3. The highest BCUT2D eigenvalue weighted by Crippen LogP contribution is 2.28. The van der Waals surface area contributed by atoms with Crippen molar-refractivity contribution < 1.29 is 12.8 Å². The summed E-state index contributed by atoms with van der Waals surface area (Å²) in [6, 6.07) is 12.0. The maximum absolute atomic E-state index is 13.9. The van der Waals surface area contributed by atoms with Gasteiger partial charge in [0.05, 0.1) is 10.6 Å².